The first-order chi connectivity index (χ1) is 11.6. The molecule has 1 atom stereocenters. The third kappa shape index (κ3) is 3.06. The first-order valence-corrected chi connectivity index (χ1v) is 7.93. The minimum atomic E-state index is -0.419. The summed E-state index contributed by atoms with van der Waals surface area (Å²) in [4.78, 5) is 15.6. The molecule has 0 saturated heterocycles. The van der Waals surface area contributed by atoms with Gasteiger partial charge >= 0.3 is 5.97 Å². The Bertz CT molecular complexity index is 856. The molecule has 0 fully saturated rings. The third-order valence-electron chi connectivity index (χ3n) is 3.92. The lowest BCUT2D eigenvalue weighted by Gasteiger charge is -2.15. The topological polar surface area (TPSA) is 74.3 Å². The molecule has 1 aromatic heterocycles. The molecule has 5 heteroatoms. The van der Waals surface area contributed by atoms with Gasteiger partial charge in [-0.05, 0) is 37.6 Å². The van der Waals surface area contributed by atoms with Crippen molar-refractivity contribution in [3.63, 3.8) is 0 Å². The molecule has 0 aliphatic carbocycles. The predicted molar refractivity (Wildman–Crippen MR) is 94.4 cm³/mol. The molecule has 0 spiro atoms. The second-order valence-corrected chi connectivity index (χ2v) is 5.60. The van der Waals surface area contributed by atoms with E-state index in [0.717, 1.165) is 11.1 Å². The summed E-state index contributed by atoms with van der Waals surface area (Å²) in [5, 5.41) is 13.7. The maximum Gasteiger partial charge on any atom is 0.342 e. The molecule has 0 saturated carbocycles. The molecule has 5 nitrogen and oxygen atoms in total. The standard InChI is InChI=1S/C19H20N2O3/c1-3-24-19(23)17-15-11-14(22)9-10-16(15)21-18(17)20-12(2)13-7-5-4-6-8-13/h4-12,20-22H,3H2,1-2H3/t12-/m0/s1. The van der Waals surface area contributed by atoms with Crippen molar-refractivity contribution in [2.24, 2.45) is 0 Å². The number of fused-ring (bicyclic) bond motifs is 1. The quantitative estimate of drug-likeness (QED) is 0.614. The lowest BCUT2D eigenvalue weighted by atomic mass is 10.1. The Morgan fingerprint density at radius 2 is 2.00 bits per heavy atom. The number of aromatic hydroxyl groups is 1. The monoisotopic (exact) mass is 324 g/mol. The molecular weight excluding hydrogens is 304 g/mol. The maximum atomic E-state index is 12.4. The molecule has 0 unspecified atom stereocenters. The highest BCUT2D eigenvalue weighted by Crippen LogP contribution is 2.31. The van der Waals surface area contributed by atoms with Crippen LogP contribution in [0.5, 0.6) is 5.75 Å². The summed E-state index contributed by atoms with van der Waals surface area (Å²) in [6.45, 7) is 4.08. The molecule has 3 aromatic rings. The van der Waals surface area contributed by atoms with Crippen LogP contribution in [-0.4, -0.2) is 22.7 Å². The fraction of sp³-hybridized carbons (Fsp3) is 0.211. The molecule has 1 heterocycles. The number of hydrogen-bond acceptors (Lipinski definition) is 4. The summed E-state index contributed by atoms with van der Waals surface area (Å²) < 4.78 is 5.18. The number of phenols is 1. The fourth-order valence-corrected chi connectivity index (χ4v) is 2.75. The number of esters is 1. The molecule has 0 aliphatic heterocycles. The minimum Gasteiger partial charge on any atom is -0.508 e. The first kappa shape index (κ1) is 15.9. The lowest BCUT2D eigenvalue weighted by molar-refractivity contribution is 0.0530. The number of benzene rings is 2. The van der Waals surface area contributed by atoms with Gasteiger partial charge in [0.2, 0.25) is 0 Å². The summed E-state index contributed by atoms with van der Waals surface area (Å²) >= 11 is 0. The van der Waals surface area contributed by atoms with Gasteiger partial charge in [-0.25, -0.2) is 4.79 Å². The largest absolute Gasteiger partial charge is 0.508 e. The van der Waals surface area contributed by atoms with Crippen LogP contribution in [0.2, 0.25) is 0 Å². The van der Waals surface area contributed by atoms with Gasteiger partial charge in [0.25, 0.3) is 0 Å². The number of aromatic amines is 1. The van der Waals surface area contributed by atoms with Gasteiger partial charge in [-0.2, -0.15) is 0 Å². The van der Waals surface area contributed by atoms with Crippen molar-refractivity contribution in [1.82, 2.24) is 4.98 Å². The van der Waals surface area contributed by atoms with Crippen LogP contribution in [0.25, 0.3) is 10.9 Å². The summed E-state index contributed by atoms with van der Waals surface area (Å²) in [5.74, 6) is 0.275. The van der Waals surface area contributed by atoms with E-state index in [1.807, 2.05) is 37.3 Å². The van der Waals surface area contributed by atoms with Crippen LogP contribution in [0.15, 0.2) is 48.5 Å². The molecule has 24 heavy (non-hydrogen) atoms. The van der Waals surface area contributed by atoms with E-state index in [9.17, 15) is 9.90 Å². The first-order valence-electron chi connectivity index (χ1n) is 7.93. The second kappa shape index (κ2) is 6.66. The Hall–Kier alpha value is -2.95. The van der Waals surface area contributed by atoms with Gasteiger partial charge in [0.1, 0.15) is 17.1 Å². The zero-order chi connectivity index (χ0) is 17.1. The van der Waals surface area contributed by atoms with Crippen LogP contribution in [0.1, 0.15) is 35.8 Å². The van der Waals surface area contributed by atoms with Gasteiger partial charge in [-0.1, -0.05) is 30.3 Å². The van der Waals surface area contributed by atoms with Crippen LogP contribution in [0, 0.1) is 0 Å². The number of anilines is 1. The number of carbonyl (C=O) groups excluding carboxylic acids is 1. The molecule has 3 rings (SSSR count). The average molecular weight is 324 g/mol. The minimum absolute atomic E-state index is 0.000959. The lowest BCUT2D eigenvalue weighted by Crippen LogP contribution is -2.12. The van der Waals surface area contributed by atoms with Gasteiger partial charge in [0.15, 0.2) is 0 Å². The Kier molecular flexibility index (Phi) is 4.42. The average Bonchev–Trinajstić information content (AvgIpc) is 2.93. The Labute approximate surface area is 140 Å². The molecular formula is C19H20N2O3. The molecule has 0 aliphatic rings. The summed E-state index contributed by atoms with van der Waals surface area (Å²) in [6, 6.07) is 14.9. The van der Waals surface area contributed by atoms with Crippen molar-refractivity contribution in [2.45, 2.75) is 19.9 Å². The van der Waals surface area contributed by atoms with E-state index in [-0.39, 0.29) is 18.4 Å². The number of rotatable bonds is 5. The van der Waals surface area contributed by atoms with Crippen LogP contribution < -0.4 is 5.32 Å². The van der Waals surface area contributed by atoms with Crippen molar-refractivity contribution < 1.29 is 14.6 Å². The van der Waals surface area contributed by atoms with E-state index in [1.165, 1.54) is 0 Å². The van der Waals surface area contributed by atoms with Gasteiger partial charge in [0.05, 0.1) is 6.61 Å². The number of phenolic OH excluding ortho intramolecular Hbond substituents is 1. The molecule has 0 radical (unpaired) electrons. The van der Waals surface area contributed by atoms with Crippen molar-refractivity contribution in [3.05, 3.63) is 59.7 Å². The highest BCUT2D eigenvalue weighted by Gasteiger charge is 2.21. The van der Waals surface area contributed by atoms with Gasteiger partial charge in [0, 0.05) is 16.9 Å². The van der Waals surface area contributed by atoms with E-state index in [0.29, 0.717) is 16.8 Å². The van der Waals surface area contributed by atoms with Crippen LogP contribution in [0.3, 0.4) is 0 Å². The summed E-state index contributed by atoms with van der Waals surface area (Å²) in [5.41, 5.74) is 2.28. The molecule has 124 valence electrons. The van der Waals surface area contributed by atoms with E-state index in [4.69, 9.17) is 4.74 Å². The Balaban J connectivity index is 2.03. The number of H-pyrrole nitrogens is 1. The van der Waals surface area contributed by atoms with Crippen molar-refractivity contribution in [3.8, 4) is 5.75 Å². The summed E-state index contributed by atoms with van der Waals surface area (Å²) in [6.07, 6.45) is 0. The number of hydrogen-bond donors (Lipinski definition) is 3. The normalized spacial score (nSPS) is 12.1. The van der Waals surface area contributed by atoms with E-state index >= 15 is 0 Å². The van der Waals surface area contributed by atoms with Crippen molar-refractivity contribution in [2.75, 3.05) is 11.9 Å². The SMILES string of the molecule is CCOC(=O)c1c(N[C@@H](C)c2ccccc2)[nH]c2ccc(O)cc12. The van der Waals surface area contributed by atoms with Crippen LogP contribution >= 0.6 is 0 Å². The molecule has 0 bridgehead atoms. The number of nitrogens with one attached hydrogen (secondary N) is 2. The highest BCUT2D eigenvalue weighted by molar-refractivity contribution is 6.09. The van der Waals surface area contributed by atoms with Gasteiger partial charge in [-0.3, -0.25) is 0 Å². The third-order valence-corrected chi connectivity index (χ3v) is 3.92. The zero-order valence-corrected chi connectivity index (χ0v) is 13.7. The van der Waals surface area contributed by atoms with E-state index in [1.54, 1.807) is 25.1 Å². The van der Waals surface area contributed by atoms with Gasteiger partial charge < -0.3 is 20.1 Å². The molecule has 0 amide bonds. The Morgan fingerprint density at radius 1 is 1.25 bits per heavy atom. The van der Waals surface area contributed by atoms with Crippen molar-refractivity contribution in [1.29, 1.82) is 0 Å². The Morgan fingerprint density at radius 3 is 2.71 bits per heavy atom. The number of aromatic nitrogens is 1. The number of carbonyl (C=O) groups is 1. The molecule has 2 aromatic carbocycles. The second-order valence-electron chi connectivity index (χ2n) is 5.60. The molecule has 3 N–H and O–H groups in total. The van der Waals surface area contributed by atoms with E-state index < -0.39 is 5.97 Å². The smallest absolute Gasteiger partial charge is 0.342 e. The van der Waals surface area contributed by atoms with E-state index in [2.05, 4.69) is 10.3 Å². The zero-order valence-electron chi connectivity index (χ0n) is 13.7. The number of ether oxygens (including phenoxy) is 1. The fourth-order valence-electron chi connectivity index (χ4n) is 2.75. The van der Waals surface area contributed by atoms with Crippen LogP contribution in [-0.2, 0) is 4.74 Å². The predicted octanol–water partition coefficient (Wildman–Crippen LogP) is 4.22. The van der Waals surface area contributed by atoms with Crippen LogP contribution in [0.4, 0.5) is 5.82 Å². The van der Waals surface area contributed by atoms with Crippen molar-refractivity contribution >= 4 is 22.7 Å². The van der Waals surface area contributed by atoms with Gasteiger partial charge in [-0.15, -0.1) is 0 Å². The maximum absolute atomic E-state index is 12.4. The summed E-state index contributed by atoms with van der Waals surface area (Å²) in [7, 11) is 0. The highest BCUT2D eigenvalue weighted by atomic mass is 16.5.